The first-order valence-electron chi connectivity index (χ1n) is 6.20. The largest absolute Gasteiger partial charge is 0.317 e. The Morgan fingerprint density at radius 3 is 2.44 bits per heavy atom. The molecule has 18 heavy (non-hydrogen) atoms. The standard InChI is InChI=1S/C14H22N2.2ClH/c1-16(2)11-12-4-3-5-14(10-12)13-6-8-15-9-7-13;;/h3-5,10,13,15H,6-9,11H2,1-2H3;2*1H. The van der Waals surface area contributed by atoms with Crippen LogP contribution in [-0.4, -0.2) is 32.1 Å². The van der Waals surface area contributed by atoms with E-state index in [1.807, 2.05) is 0 Å². The van der Waals surface area contributed by atoms with Crippen LogP contribution in [0.4, 0.5) is 0 Å². The number of nitrogens with one attached hydrogen (secondary N) is 1. The minimum absolute atomic E-state index is 0. The van der Waals surface area contributed by atoms with Crippen LogP contribution < -0.4 is 5.32 Å². The lowest BCUT2D eigenvalue weighted by atomic mass is 9.89. The van der Waals surface area contributed by atoms with Crippen molar-refractivity contribution in [2.75, 3.05) is 27.2 Å². The van der Waals surface area contributed by atoms with Crippen LogP contribution in [0.1, 0.15) is 29.9 Å². The number of benzene rings is 1. The van der Waals surface area contributed by atoms with E-state index < -0.39 is 0 Å². The molecule has 2 rings (SSSR count). The smallest absolute Gasteiger partial charge is 0.0227 e. The molecule has 1 aliphatic rings. The number of halogens is 2. The molecule has 0 atom stereocenters. The fourth-order valence-electron chi connectivity index (χ4n) is 2.47. The number of hydrogen-bond acceptors (Lipinski definition) is 2. The van der Waals surface area contributed by atoms with E-state index in [4.69, 9.17) is 0 Å². The summed E-state index contributed by atoms with van der Waals surface area (Å²) in [5.74, 6) is 0.767. The maximum atomic E-state index is 3.42. The van der Waals surface area contributed by atoms with Gasteiger partial charge < -0.3 is 10.2 Å². The predicted octanol–water partition coefficient (Wildman–Crippen LogP) is 3.06. The van der Waals surface area contributed by atoms with Gasteiger partial charge in [-0.25, -0.2) is 0 Å². The van der Waals surface area contributed by atoms with E-state index in [0.717, 1.165) is 12.5 Å². The van der Waals surface area contributed by atoms with Crippen molar-refractivity contribution in [2.24, 2.45) is 0 Å². The number of piperidine rings is 1. The summed E-state index contributed by atoms with van der Waals surface area (Å²) in [7, 11) is 4.24. The van der Waals surface area contributed by atoms with Gasteiger partial charge in [-0.05, 0) is 57.1 Å². The van der Waals surface area contributed by atoms with Crippen LogP contribution >= 0.6 is 24.8 Å². The Balaban J connectivity index is 0.00000144. The van der Waals surface area contributed by atoms with Crippen molar-refractivity contribution >= 4 is 24.8 Å². The Morgan fingerprint density at radius 1 is 1.17 bits per heavy atom. The van der Waals surface area contributed by atoms with Crippen molar-refractivity contribution in [3.8, 4) is 0 Å². The Bertz CT molecular complexity index is 336. The molecule has 0 radical (unpaired) electrons. The molecule has 2 nitrogen and oxygen atoms in total. The predicted molar refractivity (Wildman–Crippen MR) is 83.2 cm³/mol. The van der Waals surface area contributed by atoms with Gasteiger partial charge >= 0.3 is 0 Å². The van der Waals surface area contributed by atoms with Gasteiger partial charge in [-0.1, -0.05) is 24.3 Å². The fraction of sp³-hybridized carbons (Fsp3) is 0.571. The average Bonchev–Trinajstić information content (AvgIpc) is 2.30. The fourth-order valence-corrected chi connectivity index (χ4v) is 2.47. The molecular formula is C14H24Cl2N2. The normalized spacial score (nSPS) is 15.9. The van der Waals surface area contributed by atoms with E-state index in [9.17, 15) is 0 Å². The van der Waals surface area contributed by atoms with Gasteiger partial charge in [0.25, 0.3) is 0 Å². The summed E-state index contributed by atoms with van der Waals surface area (Å²) in [6.45, 7) is 3.38. The highest BCUT2D eigenvalue weighted by Gasteiger charge is 2.15. The second kappa shape index (κ2) is 8.76. The second-order valence-electron chi connectivity index (χ2n) is 5.01. The first-order chi connectivity index (χ1) is 7.75. The van der Waals surface area contributed by atoms with E-state index in [-0.39, 0.29) is 24.8 Å². The lowest BCUT2D eigenvalue weighted by molar-refractivity contribution is 0.401. The zero-order chi connectivity index (χ0) is 11.4. The first-order valence-corrected chi connectivity index (χ1v) is 6.20. The van der Waals surface area contributed by atoms with Crippen LogP contribution in [0.2, 0.25) is 0 Å². The Hall–Kier alpha value is -0.280. The van der Waals surface area contributed by atoms with Gasteiger partial charge in [0, 0.05) is 6.54 Å². The SMILES string of the molecule is CN(C)Cc1cccc(C2CCNCC2)c1.Cl.Cl. The number of hydrogen-bond donors (Lipinski definition) is 1. The van der Waals surface area contributed by atoms with Crippen LogP contribution in [-0.2, 0) is 6.54 Å². The Kier molecular flexibility index (Phi) is 8.62. The first kappa shape index (κ1) is 17.7. The van der Waals surface area contributed by atoms with Crippen molar-refractivity contribution in [3.05, 3.63) is 35.4 Å². The Morgan fingerprint density at radius 2 is 1.83 bits per heavy atom. The van der Waals surface area contributed by atoms with E-state index in [2.05, 4.69) is 48.6 Å². The molecular weight excluding hydrogens is 267 g/mol. The Labute approximate surface area is 123 Å². The molecule has 0 bridgehead atoms. The molecule has 1 saturated heterocycles. The third-order valence-electron chi connectivity index (χ3n) is 3.26. The lowest BCUT2D eigenvalue weighted by Crippen LogP contribution is -2.26. The second-order valence-corrected chi connectivity index (χ2v) is 5.01. The van der Waals surface area contributed by atoms with Gasteiger partial charge in [0.2, 0.25) is 0 Å². The zero-order valence-corrected chi connectivity index (χ0v) is 12.8. The van der Waals surface area contributed by atoms with Crippen LogP contribution in [0.25, 0.3) is 0 Å². The highest BCUT2D eigenvalue weighted by atomic mass is 35.5. The van der Waals surface area contributed by atoms with Crippen molar-refractivity contribution in [3.63, 3.8) is 0 Å². The molecule has 0 aromatic heterocycles. The molecule has 1 aliphatic heterocycles. The van der Waals surface area contributed by atoms with Crippen LogP contribution in [0, 0.1) is 0 Å². The molecule has 1 aromatic carbocycles. The maximum Gasteiger partial charge on any atom is 0.0227 e. The topological polar surface area (TPSA) is 15.3 Å². The molecule has 0 unspecified atom stereocenters. The molecule has 1 N–H and O–H groups in total. The average molecular weight is 291 g/mol. The molecule has 1 fully saturated rings. The van der Waals surface area contributed by atoms with Gasteiger partial charge in [-0.15, -0.1) is 24.8 Å². The maximum absolute atomic E-state index is 3.42. The minimum Gasteiger partial charge on any atom is -0.317 e. The number of rotatable bonds is 3. The van der Waals surface area contributed by atoms with Crippen LogP contribution in [0.15, 0.2) is 24.3 Å². The van der Waals surface area contributed by atoms with Crippen molar-refractivity contribution < 1.29 is 0 Å². The monoisotopic (exact) mass is 290 g/mol. The summed E-state index contributed by atoms with van der Waals surface area (Å²) in [6, 6.07) is 9.10. The van der Waals surface area contributed by atoms with Gasteiger partial charge in [0.05, 0.1) is 0 Å². The summed E-state index contributed by atoms with van der Waals surface area (Å²) >= 11 is 0. The van der Waals surface area contributed by atoms with E-state index >= 15 is 0 Å². The molecule has 104 valence electrons. The van der Waals surface area contributed by atoms with Crippen molar-refractivity contribution in [2.45, 2.75) is 25.3 Å². The molecule has 0 aliphatic carbocycles. The third kappa shape index (κ3) is 5.15. The summed E-state index contributed by atoms with van der Waals surface area (Å²) < 4.78 is 0. The lowest BCUT2D eigenvalue weighted by Gasteiger charge is -2.23. The molecule has 4 heteroatoms. The molecule has 0 saturated carbocycles. The quantitative estimate of drug-likeness (QED) is 0.921. The summed E-state index contributed by atoms with van der Waals surface area (Å²) in [6.07, 6.45) is 2.57. The van der Waals surface area contributed by atoms with E-state index in [1.165, 1.54) is 37.1 Å². The number of nitrogens with zero attached hydrogens (tertiary/aromatic N) is 1. The van der Waals surface area contributed by atoms with Crippen molar-refractivity contribution in [1.29, 1.82) is 0 Å². The molecule has 0 spiro atoms. The van der Waals surface area contributed by atoms with E-state index in [0.29, 0.717) is 0 Å². The summed E-state index contributed by atoms with van der Waals surface area (Å²) in [5.41, 5.74) is 2.96. The highest BCUT2D eigenvalue weighted by Crippen LogP contribution is 2.25. The van der Waals surface area contributed by atoms with E-state index in [1.54, 1.807) is 0 Å². The van der Waals surface area contributed by atoms with Crippen LogP contribution in [0.5, 0.6) is 0 Å². The third-order valence-corrected chi connectivity index (χ3v) is 3.26. The van der Waals surface area contributed by atoms with Crippen LogP contribution in [0.3, 0.4) is 0 Å². The van der Waals surface area contributed by atoms with Crippen molar-refractivity contribution in [1.82, 2.24) is 10.2 Å². The van der Waals surface area contributed by atoms with Gasteiger partial charge in [-0.3, -0.25) is 0 Å². The van der Waals surface area contributed by atoms with Gasteiger partial charge in [0.1, 0.15) is 0 Å². The summed E-state index contributed by atoms with van der Waals surface area (Å²) in [4.78, 5) is 2.22. The van der Waals surface area contributed by atoms with Gasteiger partial charge in [0.15, 0.2) is 0 Å². The van der Waals surface area contributed by atoms with Gasteiger partial charge in [-0.2, -0.15) is 0 Å². The molecule has 0 amide bonds. The molecule has 1 heterocycles. The minimum atomic E-state index is 0. The molecule has 1 aromatic rings. The summed E-state index contributed by atoms with van der Waals surface area (Å²) in [5, 5.41) is 3.42. The highest BCUT2D eigenvalue weighted by molar-refractivity contribution is 5.85. The zero-order valence-electron chi connectivity index (χ0n) is 11.2.